The van der Waals surface area contributed by atoms with Gasteiger partial charge in [-0.05, 0) is 50.2 Å². The summed E-state index contributed by atoms with van der Waals surface area (Å²) in [6, 6.07) is 12.1. The summed E-state index contributed by atoms with van der Waals surface area (Å²) in [6.45, 7) is 3.00. The van der Waals surface area contributed by atoms with E-state index in [0.717, 1.165) is 0 Å². The van der Waals surface area contributed by atoms with E-state index >= 15 is 0 Å². The van der Waals surface area contributed by atoms with Gasteiger partial charge >= 0.3 is 0 Å². The summed E-state index contributed by atoms with van der Waals surface area (Å²) in [5.41, 5.74) is -0.495. The lowest BCUT2D eigenvalue weighted by Gasteiger charge is -2.23. The summed E-state index contributed by atoms with van der Waals surface area (Å²) < 4.78 is 12.9. The Balaban J connectivity index is 2.10. The van der Waals surface area contributed by atoms with Crippen LogP contribution in [0.25, 0.3) is 0 Å². The van der Waals surface area contributed by atoms with Crippen LogP contribution in [0.3, 0.4) is 0 Å². The monoisotopic (exact) mass is 334 g/mol. The summed E-state index contributed by atoms with van der Waals surface area (Å²) in [5, 5.41) is 5.61. The molecule has 0 saturated heterocycles. The van der Waals surface area contributed by atoms with Gasteiger partial charge < -0.3 is 10.6 Å². The van der Waals surface area contributed by atoms with Gasteiger partial charge in [-0.2, -0.15) is 0 Å². The smallest absolute Gasteiger partial charge is 0.239 e. The molecule has 23 heavy (non-hydrogen) atoms. The van der Waals surface area contributed by atoms with Crippen LogP contribution >= 0.6 is 11.6 Å². The minimum Gasteiger partial charge on any atom is -0.325 e. The molecular formula is C17H16ClFN2O2. The first-order valence-electron chi connectivity index (χ1n) is 6.93. The number of para-hydroxylation sites is 1. The predicted octanol–water partition coefficient (Wildman–Crippen LogP) is 4.08. The number of anilines is 2. The van der Waals surface area contributed by atoms with E-state index in [1.807, 2.05) is 0 Å². The average Bonchev–Trinajstić information content (AvgIpc) is 2.51. The molecule has 0 heterocycles. The SMILES string of the molecule is CC(C)(C(=O)Nc1ccc(F)cc1)C(=O)Nc1ccccc1Cl. The van der Waals surface area contributed by atoms with Gasteiger partial charge in [0.2, 0.25) is 11.8 Å². The Morgan fingerprint density at radius 2 is 1.52 bits per heavy atom. The van der Waals surface area contributed by atoms with Crippen LogP contribution in [-0.4, -0.2) is 11.8 Å². The highest BCUT2D eigenvalue weighted by molar-refractivity contribution is 6.34. The molecule has 0 atom stereocenters. The van der Waals surface area contributed by atoms with Crippen molar-refractivity contribution in [3.63, 3.8) is 0 Å². The first-order valence-corrected chi connectivity index (χ1v) is 7.31. The van der Waals surface area contributed by atoms with Gasteiger partial charge in [-0.15, -0.1) is 0 Å². The highest BCUT2D eigenvalue weighted by atomic mass is 35.5. The quantitative estimate of drug-likeness (QED) is 0.828. The van der Waals surface area contributed by atoms with Gasteiger partial charge in [-0.25, -0.2) is 4.39 Å². The molecule has 0 aliphatic rings. The van der Waals surface area contributed by atoms with Crippen LogP contribution in [0.2, 0.25) is 5.02 Å². The summed E-state index contributed by atoms with van der Waals surface area (Å²) >= 11 is 5.99. The topological polar surface area (TPSA) is 58.2 Å². The highest BCUT2D eigenvalue weighted by Crippen LogP contribution is 2.25. The Hall–Kier alpha value is -2.40. The van der Waals surface area contributed by atoms with Gasteiger partial charge in [0.15, 0.2) is 0 Å². The van der Waals surface area contributed by atoms with Crippen molar-refractivity contribution in [2.45, 2.75) is 13.8 Å². The fourth-order valence-electron chi connectivity index (χ4n) is 1.76. The van der Waals surface area contributed by atoms with Crippen LogP contribution in [0.4, 0.5) is 15.8 Å². The van der Waals surface area contributed by atoms with E-state index < -0.39 is 23.0 Å². The molecule has 0 aliphatic carbocycles. The maximum absolute atomic E-state index is 12.9. The molecule has 0 radical (unpaired) electrons. The minimum absolute atomic E-state index is 0.385. The number of nitrogens with one attached hydrogen (secondary N) is 2. The van der Waals surface area contributed by atoms with E-state index in [-0.39, 0.29) is 0 Å². The first kappa shape index (κ1) is 17.0. The second-order valence-corrected chi connectivity index (χ2v) is 5.93. The zero-order chi connectivity index (χ0) is 17.0. The Morgan fingerprint density at radius 3 is 2.13 bits per heavy atom. The van der Waals surface area contributed by atoms with Crippen LogP contribution in [-0.2, 0) is 9.59 Å². The molecule has 2 N–H and O–H groups in total. The maximum Gasteiger partial charge on any atom is 0.239 e. The molecule has 6 heteroatoms. The van der Waals surface area contributed by atoms with Gasteiger partial charge in [0.1, 0.15) is 11.2 Å². The summed E-state index contributed by atoms with van der Waals surface area (Å²) in [4.78, 5) is 24.7. The normalized spacial score (nSPS) is 11.0. The summed E-state index contributed by atoms with van der Waals surface area (Å²) in [7, 11) is 0. The van der Waals surface area contributed by atoms with E-state index in [4.69, 9.17) is 11.6 Å². The summed E-state index contributed by atoms with van der Waals surface area (Å²) in [6.07, 6.45) is 0. The number of carbonyl (C=O) groups is 2. The van der Waals surface area contributed by atoms with Gasteiger partial charge in [0, 0.05) is 5.69 Å². The molecule has 2 aromatic carbocycles. The number of halogens is 2. The van der Waals surface area contributed by atoms with Crippen LogP contribution in [0, 0.1) is 11.2 Å². The minimum atomic E-state index is -1.34. The zero-order valence-corrected chi connectivity index (χ0v) is 13.4. The molecule has 0 aliphatic heterocycles. The zero-order valence-electron chi connectivity index (χ0n) is 12.7. The Labute approximate surface area is 138 Å². The second-order valence-electron chi connectivity index (χ2n) is 5.52. The molecule has 2 rings (SSSR count). The number of rotatable bonds is 4. The first-order chi connectivity index (χ1) is 10.8. The lowest BCUT2D eigenvalue weighted by Crippen LogP contribution is -2.41. The van der Waals surface area contributed by atoms with Gasteiger partial charge in [0.05, 0.1) is 10.7 Å². The Kier molecular flexibility index (Phi) is 5.01. The number of carbonyl (C=O) groups excluding carboxylic acids is 2. The number of hydrogen-bond donors (Lipinski definition) is 2. The predicted molar refractivity (Wildman–Crippen MR) is 88.9 cm³/mol. The second kappa shape index (κ2) is 6.79. The van der Waals surface area contributed by atoms with Crippen molar-refractivity contribution in [3.05, 3.63) is 59.4 Å². The maximum atomic E-state index is 12.9. The van der Waals surface area contributed by atoms with Gasteiger partial charge in [-0.3, -0.25) is 9.59 Å². The van der Waals surface area contributed by atoms with Crippen molar-refractivity contribution in [2.24, 2.45) is 5.41 Å². The number of amides is 2. The molecular weight excluding hydrogens is 319 g/mol. The fraction of sp³-hybridized carbons (Fsp3) is 0.176. The number of benzene rings is 2. The average molecular weight is 335 g/mol. The number of hydrogen-bond acceptors (Lipinski definition) is 2. The third-order valence-corrected chi connectivity index (χ3v) is 3.69. The van der Waals surface area contributed by atoms with E-state index in [1.54, 1.807) is 24.3 Å². The third kappa shape index (κ3) is 4.07. The molecule has 0 unspecified atom stereocenters. The molecule has 2 amide bonds. The molecule has 120 valence electrons. The van der Waals surface area contributed by atoms with E-state index in [2.05, 4.69) is 10.6 Å². The van der Waals surface area contributed by atoms with Crippen molar-refractivity contribution in [3.8, 4) is 0 Å². The molecule has 0 fully saturated rings. The Bertz CT molecular complexity index is 730. The standard InChI is InChI=1S/C17H16ClFN2O2/c1-17(2,15(22)20-12-9-7-11(19)8-10-12)16(23)21-14-6-4-3-5-13(14)18/h3-10H,1-2H3,(H,20,22)(H,21,23). The van der Waals surface area contributed by atoms with Crippen LogP contribution in [0.5, 0.6) is 0 Å². The lowest BCUT2D eigenvalue weighted by molar-refractivity contribution is -0.135. The highest BCUT2D eigenvalue weighted by Gasteiger charge is 2.36. The van der Waals surface area contributed by atoms with Crippen molar-refractivity contribution in [2.75, 3.05) is 10.6 Å². The Morgan fingerprint density at radius 1 is 0.957 bits per heavy atom. The fourth-order valence-corrected chi connectivity index (χ4v) is 1.95. The van der Waals surface area contributed by atoms with Crippen molar-refractivity contribution < 1.29 is 14.0 Å². The van der Waals surface area contributed by atoms with Crippen LogP contribution in [0.15, 0.2) is 48.5 Å². The van der Waals surface area contributed by atoms with Crippen LogP contribution in [0.1, 0.15) is 13.8 Å². The largest absolute Gasteiger partial charge is 0.325 e. The molecule has 0 aromatic heterocycles. The third-order valence-electron chi connectivity index (χ3n) is 3.36. The van der Waals surface area contributed by atoms with Crippen molar-refractivity contribution >= 4 is 34.8 Å². The molecule has 4 nitrogen and oxygen atoms in total. The van der Waals surface area contributed by atoms with Crippen LogP contribution < -0.4 is 10.6 Å². The molecule has 0 saturated carbocycles. The molecule has 0 bridgehead atoms. The molecule has 2 aromatic rings. The van der Waals surface area contributed by atoms with E-state index in [9.17, 15) is 14.0 Å². The summed E-state index contributed by atoms with van der Waals surface area (Å²) in [5.74, 6) is -1.41. The molecule has 0 spiro atoms. The van der Waals surface area contributed by atoms with Crippen molar-refractivity contribution in [1.82, 2.24) is 0 Å². The van der Waals surface area contributed by atoms with E-state index in [1.165, 1.54) is 38.1 Å². The van der Waals surface area contributed by atoms with Crippen molar-refractivity contribution in [1.29, 1.82) is 0 Å². The van der Waals surface area contributed by atoms with E-state index in [0.29, 0.717) is 16.4 Å². The van der Waals surface area contributed by atoms with Gasteiger partial charge in [0.25, 0.3) is 0 Å². The van der Waals surface area contributed by atoms with Gasteiger partial charge in [-0.1, -0.05) is 23.7 Å². The lowest BCUT2D eigenvalue weighted by atomic mass is 9.90.